The van der Waals surface area contributed by atoms with Crippen molar-refractivity contribution in [1.29, 1.82) is 0 Å². The molecule has 2 rings (SSSR count). The number of ether oxygens (including phenoxy) is 2. The van der Waals surface area contributed by atoms with Crippen LogP contribution in [0.3, 0.4) is 0 Å². The minimum atomic E-state index is -1.60. The molecule has 1 N–H and O–H groups in total. The number of benzene rings is 1. The fraction of sp³-hybridized carbons (Fsp3) is 0.562. The highest BCUT2D eigenvalue weighted by Gasteiger charge is 2.47. The van der Waals surface area contributed by atoms with Gasteiger partial charge in [0, 0.05) is 11.0 Å². The van der Waals surface area contributed by atoms with Gasteiger partial charge in [0.15, 0.2) is 11.5 Å². The summed E-state index contributed by atoms with van der Waals surface area (Å²) in [6.07, 6.45) is 1.64. The molecule has 0 saturated heterocycles. The van der Waals surface area contributed by atoms with Crippen LogP contribution >= 0.6 is 0 Å². The summed E-state index contributed by atoms with van der Waals surface area (Å²) < 4.78 is 25.1. The summed E-state index contributed by atoms with van der Waals surface area (Å²) in [5.74, 6) is -0.0457. The van der Waals surface area contributed by atoms with Gasteiger partial charge in [0.2, 0.25) is 0 Å². The molecule has 1 aromatic rings. The minimum Gasteiger partial charge on any atom is -0.493 e. The Hall–Kier alpha value is -1.78. The van der Waals surface area contributed by atoms with E-state index in [1.54, 1.807) is 12.1 Å². The summed E-state index contributed by atoms with van der Waals surface area (Å²) in [5, 5.41) is 9.08. The van der Waals surface area contributed by atoms with E-state index in [-0.39, 0.29) is 6.42 Å². The van der Waals surface area contributed by atoms with Crippen LogP contribution in [-0.4, -0.2) is 25.3 Å². The van der Waals surface area contributed by atoms with E-state index in [2.05, 4.69) is 0 Å². The highest BCUT2D eigenvalue weighted by molar-refractivity contribution is 5.70. The molecule has 0 amide bonds. The first kappa shape index (κ1) is 15.6. The van der Waals surface area contributed by atoms with Crippen LogP contribution in [0.5, 0.6) is 11.5 Å². The molecule has 0 heterocycles. The average molecular weight is 296 g/mol. The van der Waals surface area contributed by atoms with Crippen LogP contribution in [0.2, 0.25) is 0 Å². The maximum atomic E-state index is 14.5. The van der Waals surface area contributed by atoms with Crippen molar-refractivity contribution in [3.63, 3.8) is 0 Å². The highest BCUT2D eigenvalue weighted by atomic mass is 19.1. The van der Waals surface area contributed by atoms with Crippen LogP contribution < -0.4 is 9.47 Å². The fourth-order valence-electron chi connectivity index (χ4n) is 2.72. The first-order valence-electron chi connectivity index (χ1n) is 6.91. The molecule has 1 aromatic carbocycles. The van der Waals surface area contributed by atoms with Crippen LogP contribution in [-0.2, 0) is 15.9 Å². The number of aliphatic carboxylic acids is 1. The number of halogens is 1. The normalized spacial score (nSPS) is 16.4. The van der Waals surface area contributed by atoms with Gasteiger partial charge >= 0.3 is 5.97 Å². The summed E-state index contributed by atoms with van der Waals surface area (Å²) in [7, 11) is 2.96. The SMILES string of the molecule is COc1cc(C2(CC(=O)O)CC2)cc(C(C)(C)F)c1OC. The van der Waals surface area contributed by atoms with Gasteiger partial charge in [0.25, 0.3) is 0 Å². The average Bonchev–Trinajstić information content (AvgIpc) is 3.15. The third-order valence-electron chi connectivity index (χ3n) is 4.07. The van der Waals surface area contributed by atoms with Gasteiger partial charge in [-0.25, -0.2) is 4.39 Å². The van der Waals surface area contributed by atoms with E-state index >= 15 is 0 Å². The lowest BCUT2D eigenvalue weighted by Crippen LogP contribution is -2.17. The predicted molar refractivity (Wildman–Crippen MR) is 76.8 cm³/mol. The number of methoxy groups -OCH3 is 2. The molecule has 0 bridgehead atoms. The molecule has 1 aliphatic carbocycles. The summed E-state index contributed by atoms with van der Waals surface area (Å²) in [6.45, 7) is 2.90. The Kier molecular flexibility index (Phi) is 3.87. The van der Waals surface area contributed by atoms with Crippen molar-refractivity contribution in [3.8, 4) is 11.5 Å². The third kappa shape index (κ3) is 2.96. The Bertz CT molecular complexity index is 556. The summed E-state index contributed by atoms with van der Waals surface area (Å²) >= 11 is 0. The first-order chi connectivity index (χ1) is 9.73. The van der Waals surface area contributed by atoms with Crippen molar-refractivity contribution in [2.75, 3.05) is 14.2 Å². The van der Waals surface area contributed by atoms with E-state index < -0.39 is 17.1 Å². The maximum Gasteiger partial charge on any atom is 0.304 e. The van der Waals surface area contributed by atoms with Crippen LogP contribution in [0.1, 0.15) is 44.2 Å². The molecule has 1 saturated carbocycles. The Labute approximate surface area is 123 Å². The van der Waals surface area contributed by atoms with E-state index in [0.717, 1.165) is 18.4 Å². The van der Waals surface area contributed by atoms with E-state index in [1.165, 1.54) is 28.1 Å². The molecule has 4 nitrogen and oxygen atoms in total. The van der Waals surface area contributed by atoms with E-state index in [1.807, 2.05) is 0 Å². The largest absolute Gasteiger partial charge is 0.493 e. The van der Waals surface area contributed by atoms with Gasteiger partial charge in [-0.3, -0.25) is 4.79 Å². The van der Waals surface area contributed by atoms with Crippen molar-refractivity contribution < 1.29 is 23.8 Å². The van der Waals surface area contributed by atoms with E-state index in [9.17, 15) is 9.18 Å². The summed E-state index contributed by atoms with van der Waals surface area (Å²) in [5.41, 5.74) is -0.807. The molecule has 0 unspecified atom stereocenters. The zero-order valence-electron chi connectivity index (χ0n) is 12.8. The van der Waals surface area contributed by atoms with E-state index in [0.29, 0.717) is 17.1 Å². The Morgan fingerprint density at radius 2 is 1.95 bits per heavy atom. The van der Waals surface area contributed by atoms with Crippen molar-refractivity contribution in [1.82, 2.24) is 0 Å². The van der Waals surface area contributed by atoms with Crippen LogP contribution in [0, 0.1) is 0 Å². The lowest BCUT2D eigenvalue weighted by atomic mass is 9.87. The van der Waals surface area contributed by atoms with Gasteiger partial charge < -0.3 is 14.6 Å². The maximum absolute atomic E-state index is 14.5. The molecule has 0 aliphatic heterocycles. The Balaban J connectivity index is 2.57. The molecule has 1 fully saturated rings. The predicted octanol–water partition coefficient (Wildman–Crippen LogP) is 3.41. The first-order valence-corrected chi connectivity index (χ1v) is 6.91. The summed E-state index contributed by atoms with van der Waals surface area (Å²) in [4.78, 5) is 11.1. The lowest BCUT2D eigenvalue weighted by molar-refractivity contribution is -0.137. The van der Waals surface area contributed by atoms with E-state index in [4.69, 9.17) is 14.6 Å². The zero-order chi connectivity index (χ0) is 15.8. The number of hydrogen-bond donors (Lipinski definition) is 1. The number of hydrogen-bond acceptors (Lipinski definition) is 3. The van der Waals surface area contributed by atoms with Gasteiger partial charge in [-0.1, -0.05) is 0 Å². The molecular weight excluding hydrogens is 275 g/mol. The Morgan fingerprint density at radius 3 is 2.33 bits per heavy atom. The number of alkyl halides is 1. The highest BCUT2D eigenvalue weighted by Crippen LogP contribution is 2.54. The molecular formula is C16H21FO4. The van der Waals surface area contributed by atoms with Crippen molar-refractivity contribution >= 4 is 5.97 Å². The second-order valence-corrected chi connectivity index (χ2v) is 6.08. The number of carboxylic acid groups (broad SMARTS) is 1. The monoisotopic (exact) mass is 296 g/mol. The number of carboxylic acids is 1. The number of rotatable bonds is 6. The summed E-state index contributed by atoms with van der Waals surface area (Å²) in [6, 6.07) is 3.49. The van der Waals surface area contributed by atoms with Crippen LogP contribution in [0.15, 0.2) is 12.1 Å². The fourth-order valence-corrected chi connectivity index (χ4v) is 2.72. The molecule has 116 valence electrons. The molecule has 0 aromatic heterocycles. The van der Waals surface area contributed by atoms with Crippen molar-refractivity contribution in [2.45, 2.75) is 44.2 Å². The van der Waals surface area contributed by atoms with Gasteiger partial charge in [0.05, 0.1) is 20.6 Å². The van der Waals surface area contributed by atoms with Gasteiger partial charge in [0.1, 0.15) is 5.67 Å². The second kappa shape index (κ2) is 5.20. The molecule has 0 radical (unpaired) electrons. The quantitative estimate of drug-likeness (QED) is 0.874. The van der Waals surface area contributed by atoms with Crippen LogP contribution in [0.4, 0.5) is 4.39 Å². The van der Waals surface area contributed by atoms with Crippen LogP contribution in [0.25, 0.3) is 0 Å². The minimum absolute atomic E-state index is 0.0502. The zero-order valence-corrected chi connectivity index (χ0v) is 12.8. The topological polar surface area (TPSA) is 55.8 Å². The molecule has 1 aliphatic rings. The van der Waals surface area contributed by atoms with Crippen molar-refractivity contribution in [3.05, 3.63) is 23.3 Å². The smallest absolute Gasteiger partial charge is 0.304 e. The Morgan fingerprint density at radius 1 is 1.33 bits per heavy atom. The molecule has 0 spiro atoms. The van der Waals surface area contributed by atoms with Crippen molar-refractivity contribution in [2.24, 2.45) is 0 Å². The third-order valence-corrected chi connectivity index (χ3v) is 4.07. The standard InChI is InChI=1S/C16H21FO4/c1-15(2,17)11-7-10(8-12(20-3)14(11)21-4)16(5-6-16)9-13(18)19/h7-8H,5-6,9H2,1-4H3,(H,18,19). The lowest BCUT2D eigenvalue weighted by Gasteiger charge is -2.24. The van der Waals surface area contributed by atoms with Gasteiger partial charge in [-0.15, -0.1) is 0 Å². The molecule has 5 heteroatoms. The molecule has 21 heavy (non-hydrogen) atoms. The van der Waals surface area contributed by atoms with Gasteiger partial charge in [-0.05, 0) is 44.4 Å². The number of carbonyl (C=O) groups is 1. The second-order valence-electron chi connectivity index (χ2n) is 6.08. The molecule has 0 atom stereocenters. The van der Waals surface area contributed by atoms with Gasteiger partial charge in [-0.2, -0.15) is 0 Å².